The molecule has 1 aromatic carbocycles. The summed E-state index contributed by atoms with van der Waals surface area (Å²) < 4.78 is 10.8. The minimum Gasteiger partial charge on any atom is -0.493 e. The van der Waals surface area contributed by atoms with E-state index < -0.39 is 0 Å². The molecule has 116 valence electrons. The van der Waals surface area contributed by atoms with Gasteiger partial charge in [0.2, 0.25) is 0 Å². The number of hydrogen-bond donors (Lipinski definition) is 1. The van der Waals surface area contributed by atoms with Crippen LogP contribution in [0.2, 0.25) is 0 Å². The maximum absolute atomic E-state index is 12.0. The maximum atomic E-state index is 12.0. The van der Waals surface area contributed by atoms with Crippen molar-refractivity contribution in [3.05, 3.63) is 53.9 Å². The zero-order valence-electron chi connectivity index (χ0n) is 13.0. The number of ether oxygens (including phenoxy) is 2. The van der Waals surface area contributed by atoms with Crippen LogP contribution in [0.25, 0.3) is 0 Å². The van der Waals surface area contributed by atoms with Crippen LogP contribution in [-0.4, -0.2) is 24.6 Å². The maximum Gasteiger partial charge on any atom is 0.258 e. The van der Waals surface area contributed by atoms with Crippen molar-refractivity contribution in [2.75, 3.05) is 13.7 Å². The minimum atomic E-state index is -0.195. The third kappa shape index (κ3) is 4.22. The van der Waals surface area contributed by atoms with E-state index in [1.165, 1.54) is 0 Å². The molecule has 0 fully saturated rings. The largest absolute Gasteiger partial charge is 0.493 e. The van der Waals surface area contributed by atoms with E-state index in [-0.39, 0.29) is 18.6 Å². The highest BCUT2D eigenvalue weighted by atomic mass is 16.5. The summed E-state index contributed by atoms with van der Waals surface area (Å²) in [6.07, 6.45) is 3.43. The molecule has 5 heteroatoms. The quantitative estimate of drug-likeness (QED) is 0.891. The number of nitrogens with one attached hydrogen (secondary N) is 1. The number of rotatable bonds is 6. The molecule has 1 N–H and O–H groups in total. The molecule has 0 aliphatic rings. The highest BCUT2D eigenvalue weighted by Gasteiger charge is 2.11. The first-order valence-electron chi connectivity index (χ1n) is 7.07. The van der Waals surface area contributed by atoms with Crippen LogP contribution in [0.15, 0.2) is 42.7 Å². The summed E-state index contributed by atoms with van der Waals surface area (Å²) >= 11 is 0. The van der Waals surface area contributed by atoms with Crippen LogP contribution in [0.1, 0.15) is 24.1 Å². The predicted octanol–water partition coefficient (Wildman–Crippen LogP) is 2.65. The normalized spacial score (nSPS) is 11.6. The lowest BCUT2D eigenvalue weighted by Gasteiger charge is -2.15. The third-order valence-corrected chi connectivity index (χ3v) is 3.24. The van der Waals surface area contributed by atoms with Crippen LogP contribution in [0.4, 0.5) is 0 Å². The number of carbonyl (C=O) groups is 1. The van der Waals surface area contributed by atoms with E-state index in [2.05, 4.69) is 10.3 Å². The van der Waals surface area contributed by atoms with Crippen molar-refractivity contribution in [1.29, 1.82) is 0 Å². The summed E-state index contributed by atoms with van der Waals surface area (Å²) in [6.45, 7) is 3.81. The van der Waals surface area contributed by atoms with E-state index >= 15 is 0 Å². The first-order chi connectivity index (χ1) is 10.6. The number of aromatic nitrogens is 1. The number of pyridine rings is 1. The zero-order chi connectivity index (χ0) is 15.9. The van der Waals surface area contributed by atoms with E-state index in [0.717, 1.165) is 11.1 Å². The fourth-order valence-corrected chi connectivity index (χ4v) is 2.04. The van der Waals surface area contributed by atoms with Crippen molar-refractivity contribution < 1.29 is 14.3 Å². The van der Waals surface area contributed by atoms with Gasteiger partial charge in [0, 0.05) is 12.4 Å². The van der Waals surface area contributed by atoms with Crippen molar-refractivity contribution in [3.63, 3.8) is 0 Å². The van der Waals surface area contributed by atoms with Gasteiger partial charge in [-0.15, -0.1) is 0 Å². The minimum absolute atomic E-state index is 0.0655. The Hall–Kier alpha value is -2.56. The molecule has 1 unspecified atom stereocenters. The Bertz CT molecular complexity index is 629. The second kappa shape index (κ2) is 7.45. The van der Waals surface area contributed by atoms with E-state index in [9.17, 15) is 4.79 Å². The first kappa shape index (κ1) is 15.8. The predicted molar refractivity (Wildman–Crippen MR) is 84.0 cm³/mol. The summed E-state index contributed by atoms with van der Waals surface area (Å²) in [5, 5.41) is 2.87. The Morgan fingerprint density at radius 1 is 1.32 bits per heavy atom. The number of benzene rings is 1. The van der Waals surface area contributed by atoms with Gasteiger partial charge >= 0.3 is 0 Å². The first-order valence-corrected chi connectivity index (χ1v) is 7.07. The van der Waals surface area contributed by atoms with Gasteiger partial charge in [-0.25, -0.2) is 0 Å². The van der Waals surface area contributed by atoms with Crippen LogP contribution in [0, 0.1) is 6.92 Å². The molecule has 1 amide bonds. The van der Waals surface area contributed by atoms with E-state index in [1.807, 2.05) is 38.1 Å². The fraction of sp³-hybridized carbons (Fsp3) is 0.294. The molecule has 2 rings (SSSR count). The molecule has 1 heterocycles. The number of nitrogens with zero attached hydrogens (tertiary/aromatic N) is 1. The summed E-state index contributed by atoms with van der Waals surface area (Å²) in [7, 11) is 1.58. The van der Waals surface area contributed by atoms with Gasteiger partial charge in [0.25, 0.3) is 5.91 Å². The van der Waals surface area contributed by atoms with Gasteiger partial charge in [-0.05, 0) is 43.2 Å². The van der Waals surface area contributed by atoms with Gasteiger partial charge in [-0.2, -0.15) is 0 Å². The molecule has 1 atom stereocenters. The highest BCUT2D eigenvalue weighted by molar-refractivity contribution is 5.78. The highest BCUT2D eigenvalue weighted by Crippen LogP contribution is 2.27. The Morgan fingerprint density at radius 2 is 2.14 bits per heavy atom. The van der Waals surface area contributed by atoms with Gasteiger partial charge in [-0.3, -0.25) is 9.78 Å². The number of methoxy groups -OCH3 is 1. The third-order valence-electron chi connectivity index (χ3n) is 3.24. The van der Waals surface area contributed by atoms with Crippen LogP contribution in [0.3, 0.4) is 0 Å². The second-order valence-electron chi connectivity index (χ2n) is 5.02. The summed E-state index contributed by atoms with van der Waals surface area (Å²) in [5.74, 6) is 0.976. The fourth-order valence-electron chi connectivity index (χ4n) is 2.04. The van der Waals surface area contributed by atoms with Crippen molar-refractivity contribution in [1.82, 2.24) is 10.3 Å². The molecule has 1 aromatic heterocycles. The SMILES string of the molecule is COc1cc(C)ccc1OCC(=O)NC(C)c1cccnc1. The van der Waals surface area contributed by atoms with Crippen molar-refractivity contribution >= 4 is 5.91 Å². The van der Waals surface area contributed by atoms with E-state index in [0.29, 0.717) is 11.5 Å². The molecular weight excluding hydrogens is 280 g/mol. The zero-order valence-corrected chi connectivity index (χ0v) is 13.0. The average Bonchev–Trinajstić information content (AvgIpc) is 2.54. The summed E-state index contributed by atoms with van der Waals surface area (Å²) in [6, 6.07) is 9.21. The van der Waals surface area contributed by atoms with Gasteiger partial charge in [-0.1, -0.05) is 12.1 Å². The molecule has 0 spiro atoms. The van der Waals surface area contributed by atoms with Gasteiger partial charge < -0.3 is 14.8 Å². The lowest BCUT2D eigenvalue weighted by atomic mass is 10.1. The number of amides is 1. The Morgan fingerprint density at radius 3 is 2.82 bits per heavy atom. The van der Waals surface area contributed by atoms with Gasteiger partial charge in [0.15, 0.2) is 18.1 Å². The monoisotopic (exact) mass is 300 g/mol. The van der Waals surface area contributed by atoms with Crippen LogP contribution >= 0.6 is 0 Å². The Kier molecular flexibility index (Phi) is 5.36. The molecule has 0 saturated heterocycles. The molecule has 0 aliphatic heterocycles. The van der Waals surface area contributed by atoms with E-state index in [1.54, 1.807) is 25.6 Å². The van der Waals surface area contributed by atoms with Crippen LogP contribution in [0.5, 0.6) is 11.5 Å². The topological polar surface area (TPSA) is 60.5 Å². The molecular formula is C17H20N2O3. The number of carbonyl (C=O) groups excluding carboxylic acids is 1. The average molecular weight is 300 g/mol. The summed E-state index contributed by atoms with van der Waals surface area (Å²) in [5.41, 5.74) is 2.02. The lowest BCUT2D eigenvalue weighted by molar-refractivity contribution is -0.123. The van der Waals surface area contributed by atoms with Crippen molar-refractivity contribution in [2.45, 2.75) is 19.9 Å². The Balaban J connectivity index is 1.90. The van der Waals surface area contributed by atoms with Gasteiger partial charge in [0.05, 0.1) is 13.2 Å². The van der Waals surface area contributed by atoms with Crippen LogP contribution in [-0.2, 0) is 4.79 Å². The van der Waals surface area contributed by atoms with E-state index in [4.69, 9.17) is 9.47 Å². The van der Waals surface area contributed by atoms with Crippen molar-refractivity contribution in [3.8, 4) is 11.5 Å². The molecule has 0 saturated carbocycles. The molecule has 5 nitrogen and oxygen atoms in total. The second-order valence-corrected chi connectivity index (χ2v) is 5.02. The number of hydrogen-bond acceptors (Lipinski definition) is 4. The van der Waals surface area contributed by atoms with Crippen molar-refractivity contribution in [2.24, 2.45) is 0 Å². The molecule has 22 heavy (non-hydrogen) atoms. The molecule has 0 aliphatic carbocycles. The lowest BCUT2D eigenvalue weighted by Crippen LogP contribution is -2.31. The number of aryl methyl sites for hydroxylation is 1. The Labute approximate surface area is 130 Å². The summed E-state index contributed by atoms with van der Waals surface area (Å²) in [4.78, 5) is 16.0. The standard InChI is InChI=1S/C17H20N2O3/c1-12-6-7-15(16(9-12)21-3)22-11-17(20)19-13(2)14-5-4-8-18-10-14/h4-10,13H,11H2,1-3H3,(H,19,20). The van der Waals surface area contributed by atoms with Crippen LogP contribution < -0.4 is 14.8 Å². The van der Waals surface area contributed by atoms with Gasteiger partial charge in [0.1, 0.15) is 0 Å². The molecule has 0 radical (unpaired) electrons. The molecule has 0 bridgehead atoms. The smallest absolute Gasteiger partial charge is 0.258 e. The molecule has 2 aromatic rings.